The molecule has 1 aliphatic heterocycles. The van der Waals surface area contributed by atoms with Crippen molar-refractivity contribution in [3.8, 4) is 11.5 Å². The summed E-state index contributed by atoms with van der Waals surface area (Å²) in [6, 6.07) is 15.2. The largest absolute Gasteiger partial charge is 0.497 e. The standard InChI is InChI=1S/C36H49N5O6/c1-25-21-41(26(2)24-42)35(43)32-20-30(39-36(44)38-29-9-12-31(45-5)13-10-29)11-14-33(32)47-27(3)8-6-7-19-46-34(25)23-40(4)22-28-15-17-37-18-16-28/h9-18,20,25-27,34,42H,6-8,19,21-24H2,1-5H3,(H2,38,39,44)/t25-,26-,27+,34+/m1/s1. The zero-order chi connectivity index (χ0) is 33.8. The molecule has 11 nitrogen and oxygen atoms in total. The van der Waals surface area contributed by atoms with Crippen LogP contribution in [0.4, 0.5) is 16.2 Å². The number of hydrogen-bond acceptors (Lipinski definition) is 8. The van der Waals surface area contributed by atoms with Gasteiger partial charge in [-0.15, -0.1) is 0 Å². The first-order valence-corrected chi connectivity index (χ1v) is 16.3. The van der Waals surface area contributed by atoms with E-state index in [1.54, 1.807) is 66.9 Å². The second-order valence-electron chi connectivity index (χ2n) is 12.4. The van der Waals surface area contributed by atoms with Gasteiger partial charge in [0.15, 0.2) is 0 Å². The van der Waals surface area contributed by atoms with E-state index in [0.717, 1.165) is 31.4 Å². The average Bonchev–Trinajstić information content (AvgIpc) is 3.06. The fourth-order valence-corrected chi connectivity index (χ4v) is 5.60. The maximum atomic E-state index is 14.4. The van der Waals surface area contributed by atoms with Crippen LogP contribution in [0.15, 0.2) is 67.0 Å². The normalized spacial score (nSPS) is 20.0. The predicted molar refractivity (Wildman–Crippen MR) is 183 cm³/mol. The van der Waals surface area contributed by atoms with Crippen LogP contribution in [0, 0.1) is 5.92 Å². The second-order valence-corrected chi connectivity index (χ2v) is 12.4. The molecule has 0 aliphatic carbocycles. The van der Waals surface area contributed by atoms with Crippen LogP contribution in [-0.2, 0) is 11.3 Å². The van der Waals surface area contributed by atoms with Gasteiger partial charge < -0.3 is 34.9 Å². The lowest BCUT2D eigenvalue weighted by Crippen LogP contribution is -2.47. The number of amides is 3. The van der Waals surface area contributed by atoms with Crippen LogP contribution < -0.4 is 20.1 Å². The second kappa shape index (κ2) is 17.7. The van der Waals surface area contributed by atoms with Crippen LogP contribution in [0.1, 0.15) is 56.0 Å². The molecule has 254 valence electrons. The first-order chi connectivity index (χ1) is 22.7. The number of urea groups is 1. The predicted octanol–water partition coefficient (Wildman–Crippen LogP) is 5.66. The van der Waals surface area contributed by atoms with Gasteiger partial charge in [-0.3, -0.25) is 14.7 Å². The highest BCUT2D eigenvalue weighted by atomic mass is 16.5. The number of aromatic nitrogens is 1. The molecule has 0 fully saturated rings. The number of fused-ring (bicyclic) bond motifs is 1. The zero-order valence-corrected chi connectivity index (χ0v) is 28.1. The van der Waals surface area contributed by atoms with Crippen LogP contribution in [-0.4, -0.2) is 90.5 Å². The Morgan fingerprint density at radius 3 is 2.49 bits per heavy atom. The van der Waals surface area contributed by atoms with E-state index >= 15 is 0 Å². The number of carbonyl (C=O) groups excluding carboxylic acids is 2. The topological polar surface area (TPSA) is 125 Å². The van der Waals surface area contributed by atoms with Crippen LogP contribution >= 0.6 is 0 Å². The lowest BCUT2D eigenvalue weighted by atomic mass is 10.0. The van der Waals surface area contributed by atoms with Gasteiger partial charge in [-0.1, -0.05) is 6.92 Å². The Hall–Kier alpha value is -4.19. The molecule has 2 heterocycles. The van der Waals surface area contributed by atoms with E-state index in [1.165, 1.54) is 0 Å². The van der Waals surface area contributed by atoms with Gasteiger partial charge in [0.05, 0.1) is 37.5 Å². The molecule has 47 heavy (non-hydrogen) atoms. The first-order valence-electron chi connectivity index (χ1n) is 16.3. The molecule has 1 aliphatic rings. The van der Waals surface area contributed by atoms with E-state index in [-0.39, 0.29) is 30.6 Å². The van der Waals surface area contributed by atoms with Crippen LogP contribution in [0.3, 0.4) is 0 Å². The lowest BCUT2D eigenvalue weighted by molar-refractivity contribution is -0.0177. The summed E-state index contributed by atoms with van der Waals surface area (Å²) in [6.45, 7) is 8.08. The summed E-state index contributed by atoms with van der Waals surface area (Å²) in [5, 5.41) is 15.9. The number of likely N-dealkylation sites (N-methyl/N-ethyl adjacent to an activating group) is 1. The van der Waals surface area contributed by atoms with Crippen molar-refractivity contribution in [2.24, 2.45) is 5.92 Å². The van der Waals surface area contributed by atoms with Crippen LogP contribution in [0.25, 0.3) is 0 Å². The number of aliphatic hydroxyl groups is 1. The highest BCUT2D eigenvalue weighted by molar-refractivity contribution is 6.02. The first kappa shape index (κ1) is 35.7. The van der Waals surface area contributed by atoms with Gasteiger partial charge in [-0.2, -0.15) is 0 Å². The lowest BCUT2D eigenvalue weighted by Gasteiger charge is -2.36. The zero-order valence-electron chi connectivity index (χ0n) is 28.1. The molecule has 0 unspecified atom stereocenters. The summed E-state index contributed by atoms with van der Waals surface area (Å²) in [6.07, 6.45) is 5.89. The van der Waals surface area contributed by atoms with Gasteiger partial charge in [-0.05, 0) is 100 Å². The smallest absolute Gasteiger partial charge is 0.323 e. The van der Waals surface area contributed by atoms with Crippen LogP contribution in [0.2, 0.25) is 0 Å². The summed E-state index contributed by atoms with van der Waals surface area (Å²) in [5.74, 6) is 0.783. The Kier molecular flexibility index (Phi) is 13.4. The van der Waals surface area contributed by atoms with Crippen molar-refractivity contribution in [3.63, 3.8) is 0 Å². The molecular formula is C36H49N5O6. The molecule has 4 atom stereocenters. The van der Waals surface area contributed by atoms with E-state index in [1.807, 2.05) is 26.0 Å². The molecule has 3 N–H and O–H groups in total. The van der Waals surface area contributed by atoms with Crippen molar-refractivity contribution in [2.75, 3.05) is 51.1 Å². The molecular weight excluding hydrogens is 598 g/mol. The minimum Gasteiger partial charge on any atom is -0.497 e. The fourth-order valence-electron chi connectivity index (χ4n) is 5.60. The molecule has 0 saturated heterocycles. The van der Waals surface area contributed by atoms with Crippen LogP contribution in [0.5, 0.6) is 11.5 Å². The van der Waals surface area contributed by atoms with Crippen molar-refractivity contribution in [3.05, 3.63) is 78.1 Å². The Bertz CT molecular complexity index is 1420. The average molecular weight is 648 g/mol. The van der Waals surface area contributed by atoms with E-state index < -0.39 is 12.1 Å². The summed E-state index contributed by atoms with van der Waals surface area (Å²) in [5.41, 5.74) is 2.50. The molecule has 4 rings (SSSR count). The molecule has 0 spiro atoms. The number of aliphatic hydroxyl groups excluding tert-OH is 1. The molecule has 3 amide bonds. The van der Waals surface area contributed by atoms with Gasteiger partial charge >= 0.3 is 6.03 Å². The summed E-state index contributed by atoms with van der Waals surface area (Å²) >= 11 is 0. The van der Waals surface area contributed by atoms with E-state index in [4.69, 9.17) is 14.2 Å². The minimum atomic E-state index is -0.465. The van der Waals surface area contributed by atoms with Gasteiger partial charge in [0.2, 0.25) is 0 Å². The maximum Gasteiger partial charge on any atom is 0.323 e. The third kappa shape index (κ3) is 10.7. The molecule has 11 heteroatoms. The number of pyridine rings is 1. The fraction of sp³-hybridized carbons (Fsp3) is 0.472. The number of ether oxygens (including phenoxy) is 3. The van der Waals surface area contributed by atoms with Gasteiger partial charge in [0.25, 0.3) is 5.91 Å². The van der Waals surface area contributed by atoms with E-state index in [0.29, 0.717) is 48.1 Å². The Balaban J connectivity index is 1.57. The van der Waals surface area contributed by atoms with Gasteiger partial charge in [0.1, 0.15) is 11.5 Å². The minimum absolute atomic E-state index is 0.0457. The van der Waals surface area contributed by atoms with E-state index in [9.17, 15) is 14.7 Å². The third-order valence-corrected chi connectivity index (χ3v) is 8.35. The summed E-state index contributed by atoms with van der Waals surface area (Å²) in [7, 11) is 3.64. The Morgan fingerprint density at radius 2 is 1.79 bits per heavy atom. The number of nitrogens with one attached hydrogen (secondary N) is 2. The van der Waals surface area contributed by atoms with Crippen molar-refractivity contribution >= 4 is 23.3 Å². The number of methoxy groups -OCH3 is 1. The SMILES string of the molecule is COc1ccc(NC(=O)Nc2ccc3c(c2)C(=O)N([C@H](C)CO)C[C@@H](C)[C@H](CN(C)Cc2ccncc2)OCCCC[C@H](C)O3)cc1. The number of carbonyl (C=O) groups is 2. The molecule has 0 saturated carbocycles. The third-order valence-electron chi connectivity index (χ3n) is 8.35. The Morgan fingerprint density at radius 1 is 1.09 bits per heavy atom. The van der Waals surface area contributed by atoms with Crippen molar-refractivity contribution in [1.82, 2.24) is 14.8 Å². The molecule has 3 aromatic rings. The van der Waals surface area contributed by atoms with E-state index in [2.05, 4.69) is 34.5 Å². The van der Waals surface area contributed by atoms with Crippen molar-refractivity contribution in [2.45, 2.75) is 64.8 Å². The highest BCUT2D eigenvalue weighted by Gasteiger charge is 2.30. The number of rotatable bonds is 9. The van der Waals surface area contributed by atoms with Gasteiger partial charge in [-0.25, -0.2) is 4.79 Å². The molecule has 0 bridgehead atoms. The number of hydrogen-bond donors (Lipinski definition) is 3. The number of benzene rings is 2. The van der Waals surface area contributed by atoms with Crippen molar-refractivity contribution < 1.29 is 28.9 Å². The maximum absolute atomic E-state index is 14.4. The summed E-state index contributed by atoms with van der Waals surface area (Å²) in [4.78, 5) is 35.3. The Labute approximate surface area is 278 Å². The quantitative estimate of drug-likeness (QED) is 0.272. The molecule has 0 radical (unpaired) electrons. The number of anilines is 2. The monoisotopic (exact) mass is 647 g/mol. The molecule has 1 aromatic heterocycles. The molecule has 2 aromatic carbocycles. The summed E-state index contributed by atoms with van der Waals surface area (Å²) < 4.78 is 18.0. The number of nitrogens with zero attached hydrogens (tertiary/aromatic N) is 3. The van der Waals surface area contributed by atoms with Crippen molar-refractivity contribution in [1.29, 1.82) is 0 Å². The highest BCUT2D eigenvalue weighted by Crippen LogP contribution is 2.29. The van der Waals surface area contributed by atoms with Gasteiger partial charge in [0, 0.05) is 55.9 Å².